The minimum absolute atomic E-state index is 0.258. The smallest absolute Gasteiger partial charge is 0.231 e. The van der Waals surface area contributed by atoms with Crippen LogP contribution in [-0.2, 0) is 0 Å². The van der Waals surface area contributed by atoms with Crippen LogP contribution in [0.1, 0.15) is 5.56 Å². The number of halogens is 1. The maximum absolute atomic E-state index is 6.10. The number of thioether (sulfide) groups is 1. The number of rotatable bonds is 2. The maximum Gasteiger partial charge on any atom is 0.231 e. The lowest BCUT2D eigenvalue weighted by Gasteiger charge is -2.14. The van der Waals surface area contributed by atoms with Gasteiger partial charge in [0.05, 0.1) is 5.71 Å². The van der Waals surface area contributed by atoms with Gasteiger partial charge in [-0.25, -0.2) is 0 Å². The summed E-state index contributed by atoms with van der Waals surface area (Å²) in [4.78, 5) is 0. The van der Waals surface area contributed by atoms with Gasteiger partial charge in [0.15, 0.2) is 17.3 Å². The molecular formula is C17H11ClN4O2S. The van der Waals surface area contributed by atoms with Crippen LogP contribution < -0.4 is 9.47 Å². The lowest BCUT2D eigenvalue weighted by Crippen LogP contribution is -2.13. The van der Waals surface area contributed by atoms with Crippen LogP contribution >= 0.6 is 23.4 Å². The molecule has 0 bridgehead atoms. The van der Waals surface area contributed by atoms with Crippen molar-refractivity contribution in [3.63, 3.8) is 0 Å². The van der Waals surface area contributed by atoms with Crippen molar-refractivity contribution in [2.24, 2.45) is 5.10 Å². The van der Waals surface area contributed by atoms with Crippen LogP contribution in [0.15, 0.2) is 52.7 Å². The molecule has 124 valence electrons. The first kappa shape index (κ1) is 14.8. The molecule has 6 nitrogen and oxygen atoms in total. The summed E-state index contributed by atoms with van der Waals surface area (Å²) in [7, 11) is 0. The molecule has 5 rings (SSSR count). The number of benzene rings is 2. The highest BCUT2D eigenvalue weighted by Crippen LogP contribution is 2.34. The number of hydrogen-bond acceptors (Lipinski definition) is 6. The van der Waals surface area contributed by atoms with E-state index in [0.717, 1.165) is 33.5 Å². The van der Waals surface area contributed by atoms with Crippen molar-refractivity contribution in [2.75, 3.05) is 12.5 Å². The van der Waals surface area contributed by atoms with Crippen molar-refractivity contribution in [3.05, 3.63) is 53.1 Å². The van der Waals surface area contributed by atoms with Crippen LogP contribution in [0.25, 0.3) is 11.4 Å². The van der Waals surface area contributed by atoms with Crippen molar-refractivity contribution in [1.82, 2.24) is 14.9 Å². The third-order valence-corrected chi connectivity index (χ3v) is 5.13. The van der Waals surface area contributed by atoms with Gasteiger partial charge in [0.25, 0.3) is 0 Å². The second-order valence-electron chi connectivity index (χ2n) is 5.53. The minimum atomic E-state index is 0.258. The number of fused-ring (bicyclic) bond motifs is 2. The quantitative estimate of drug-likeness (QED) is 0.688. The van der Waals surface area contributed by atoms with Gasteiger partial charge in [-0.05, 0) is 30.3 Å². The standard InChI is InChI=1S/C17H11ClN4O2S/c18-12-3-1-2-11(6-12)16-19-20-17-22(16)21-13(8-25-17)10-4-5-14-15(7-10)24-9-23-14/h1-7H,8-9H2. The van der Waals surface area contributed by atoms with Gasteiger partial charge in [-0.1, -0.05) is 35.5 Å². The minimum Gasteiger partial charge on any atom is -0.454 e. The van der Waals surface area contributed by atoms with E-state index in [1.165, 1.54) is 0 Å². The third-order valence-electron chi connectivity index (χ3n) is 3.96. The van der Waals surface area contributed by atoms with Gasteiger partial charge >= 0.3 is 0 Å². The zero-order valence-corrected chi connectivity index (χ0v) is 14.4. The van der Waals surface area contributed by atoms with E-state index in [9.17, 15) is 0 Å². The van der Waals surface area contributed by atoms with E-state index in [0.29, 0.717) is 16.6 Å². The van der Waals surface area contributed by atoms with Crippen molar-refractivity contribution in [1.29, 1.82) is 0 Å². The van der Waals surface area contributed by atoms with Crippen molar-refractivity contribution < 1.29 is 9.47 Å². The summed E-state index contributed by atoms with van der Waals surface area (Å²) in [6.45, 7) is 0.258. The van der Waals surface area contributed by atoms with Crippen molar-refractivity contribution >= 4 is 29.1 Å². The predicted molar refractivity (Wildman–Crippen MR) is 95.7 cm³/mol. The monoisotopic (exact) mass is 370 g/mol. The van der Waals surface area contributed by atoms with E-state index >= 15 is 0 Å². The van der Waals surface area contributed by atoms with Crippen LogP contribution in [0.2, 0.25) is 5.02 Å². The molecule has 2 aliphatic rings. The van der Waals surface area contributed by atoms with Crippen LogP contribution in [0.4, 0.5) is 0 Å². The molecule has 0 N–H and O–H groups in total. The summed E-state index contributed by atoms with van der Waals surface area (Å²) in [5.41, 5.74) is 2.80. The Balaban J connectivity index is 1.58. The molecule has 0 aliphatic carbocycles. The Morgan fingerprint density at radius 1 is 1.00 bits per heavy atom. The lowest BCUT2D eigenvalue weighted by molar-refractivity contribution is 0.174. The first-order valence-corrected chi connectivity index (χ1v) is 8.96. The molecule has 0 amide bonds. The molecule has 0 fully saturated rings. The van der Waals surface area contributed by atoms with E-state index in [1.54, 1.807) is 16.4 Å². The molecule has 2 aromatic carbocycles. The number of nitrogens with zero attached hydrogens (tertiary/aromatic N) is 4. The van der Waals surface area contributed by atoms with E-state index in [4.69, 9.17) is 26.2 Å². The lowest BCUT2D eigenvalue weighted by atomic mass is 10.1. The molecule has 0 radical (unpaired) electrons. The van der Waals surface area contributed by atoms with Crippen LogP contribution in [0.3, 0.4) is 0 Å². The average molecular weight is 371 g/mol. The highest BCUT2D eigenvalue weighted by atomic mass is 35.5. The zero-order chi connectivity index (χ0) is 16.8. The number of ether oxygens (including phenoxy) is 2. The zero-order valence-electron chi connectivity index (χ0n) is 12.8. The van der Waals surface area contributed by atoms with Gasteiger partial charge in [0, 0.05) is 21.9 Å². The molecule has 0 spiro atoms. The van der Waals surface area contributed by atoms with E-state index in [1.807, 2.05) is 42.5 Å². The van der Waals surface area contributed by atoms with Gasteiger partial charge in [-0.2, -0.15) is 9.78 Å². The molecule has 8 heteroatoms. The average Bonchev–Trinajstić information content (AvgIpc) is 3.27. The molecule has 3 heterocycles. The second kappa shape index (κ2) is 5.79. The fourth-order valence-electron chi connectivity index (χ4n) is 2.75. The topological polar surface area (TPSA) is 61.5 Å². The van der Waals surface area contributed by atoms with Crippen LogP contribution in [0.5, 0.6) is 11.5 Å². The second-order valence-corrected chi connectivity index (χ2v) is 6.91. The van der Waals surface area contributed by atoms with Gasteiger partial charge in [0.1, 0.15) is 0 Å². The molecular weight excluding hydrogens is 360 g/mol. The molecule has 3 aromatic rings. The van der Waals surface area contributed by atoms with Crippen LogP contribution in [-0.4, -0.2) is 33.1 Å². The largest absolute Gasteiger partial charge is 0.454 e. The van der Waals surface area contributed by atoms with E-state index in [2.05, 4.69) is 10.2 Å². The Bertz CT molecular complexity index is 1020. The number of hydrogen-bond donors (Lipinski definition) is 0. The summed E-state index contributed by atoms with van der Waals surface area (Å²) in [5, 5.41) is 14.7. The number of aromatic nitrogens is 3. The Hall–Kier alpha value is -2.51. The summed E-state index contributed by atoms with van der Waals surface area (Å²) in [6.07, 6.45) is 0. The molecule has 1 aromatic heterocycles. The highest BCUT2D eigenvalue weighted by molar-refractivity contribution is 7.99. The predicted octanol–water partition coefficient (Wildman–Crippen LogP) is 3.69. The Morgan fingerprint density at radius 3 is 2.84 bits per heavy atom. The molecule has 0 saturated heterocycles. The summed E-state index contributed by atoms with van der Waals surface area (Å²) in [5.74, 6) is 2.89. The van der Waals surface area contributed by atoms with Gasteiger partial charge < -0.3 is 9.47 Å². The fourth-order valence-corrected chi connectivity index (χ4v) is 3.78. The first-order chi connectivity index (χ1) is 12.3. The summed E-state index contributed by atoms with van der Waals surface area (Å²) >= 11 is 7.70. The Morgan fingerprint density at radius 2 is 1.92 bits per heavy atom. The van der Waals surface area contributed by atoms with E-state index < -0.39 is 0 Å². The highest BCUT2D eigenvalue weighted by Gasteiger charge is 2.22. The first-order valence-electron chi connectivity index (χ1n) is 7.60. The molecule has 0 unspecified atom stereocenters. The molecule has 25 heavy (non-hydrogen) atoms. The van der Waals surface area contributed by atoms with Gasteiger partial charge in [0.2, 0.25) is 11.9 Å². The third kappa shape index (κ3) is 2.56. The Labute approximate surface area is 152 Å². The fraction of sp³-hybridized carbons (Fsp3) is 0.118. The molecule has 0 atom stereocenters. The van der Waals surface area contributed by atoms with Gasteiger partial charge in [-0.3, -0.25) is 0 Å². The summed E-state index contributed by atoms with van der Waals surface area (Å²) < 4.78 is 12.6. The summed E-state index contributed by atoms with van der Waals surface area (Å²) in [6, 6.07) is 13.4. The van der Waals surface area contributed by atoms with Crippen molar-refractivity contribution in [3.8, 4) is 22.9 Å². The molecule has 2 aliphatic heterocycles. The maximum atomic E-state index is 6.10. The van der Waals surface area contributed by atoms with Gasteiger partial charge in [-0.15, -0.1) is 10.2 Å². The SMILES string of the molecule is Clc1cccc(-c2nnc3n2N=C(c2ccc4c(c2)OCO4)CS3)c1. The normalized spacial score (nSPS) is 15.0. The Kier molecular flexibility index (Phi) is 3.43. The van der Waals surface area contributed by atoms with E-state index in [-0.39, 0.29) is 6.79 Å². The van der Waals surface area contributed by atoms with Crippen molar-refractivity contribution in [2.45, 2.75) is 5.16 Å². The molecule has 0 saturated carbocycles. The van der Waals surface area contributed by atoms with Crippen LogP contribution in [0, 0.1) is 0 Å².